The van der Waals surface area contributed by atoms with Gasteiger partial charge in [-0.05, 0) is 24.2 Å². The topological polar surface area (TPSA) is 52.5 Å². The summed E-state index contributed by atoms with van der Waals surface area (Å²) in [4.78, 5) is 0. The number of rotatable bonds is 6. The van der Waals surface area contributed by atoms with Crippen LogP contribution in [-0.4, -0.2) is 36.0 Å². The van der Waals surface area contributed by atoms with Crippen molar-refractivity contribution in [2.45, 2.75) is 39.2 Å². The number of aliphatic hydroxyl groups excluding tert-OH is 2. The van der Waals surface area contributed by atoms with Gasteiger partial charge in [-0.15, -0.1) is 0 Å². The zero-order valence-corrected chi connectivity index (χ0v) is 9.29. The molecule has 84 valence electrons. The Balaban J connectivity index is 2.15. The summed E-state index contributed by atoms with van der Waals surface area (Å²) in [5.41, 5.74) is 0.327. The molecule has 0 aromatic carbocycles. The van der Waals surface area contributed by atoms with Crippen molar-refractivity contribution in [1.29, 1.82) is 0 Å². The van der Waals surface area contributed by atoms with E-state index in [-0.39, 0.29) is 6.61 Å². The predicted molar refractivity (Wildman–Crippen MR) is 57.1 cm³/mol. The third-order valence-electron chi connectivity index (χ3n) is 3.38. The second-order valence-corrected chi connectivity index (χ2v) is 5.08. The molecule has 0 aliphatic heterocycles. The van der Waals surface area contributed by atoms with Gasteiger partial charge in [0.05, 0.1) is 12.7 Å². The number of hydrogen-bond acceptors (Lipinski definition) is 3. The van der Waals surface area contributed by atoms with Crippen molar-refractivity contribution in [3.05, 3.63) is 0 Å². The maximum Gasteiger partial charge on any atom is 0.0894 e. The first-order valence-corrected chi connectivity index (χ1v) is 5.56. The van der Waals surface area contributed by atoms with Crippen LogP contribution in [0.3, 0.4) is 0 Å². The van der Waals surface area contributed by atoms with Gasteiger partial charge in [0, 0.05) is 13.1 Å². The fourth-order valence-electron chi connectivity index (χ4n) is 1.96. The Morgan fingerprint density at radius 1 is 1.43 bits per heavy atom. The van der Waals surface area contributed by atoms with E-state index in [9.17, 15) is 0 Å². The van der Waals surface area contributed by atoms with Gasteiger partial charge < -0.3 is 15.5 Å². The second-order valence-electron chi connectivity index (χ2n) is 5.08. The fraction of sp³-hybridized carbons (Fsp3) is 1.00. The van der Waals surface area contributed by atoms with E-state index in [0.717, 1.165) is 12.5 Å². The lowest BCUT2D eigenvalue weighted by molar-refractivity contribution is 0.0807. The molecule has 1 saturated carbocycles. The van der Waals surface area contributed by atoms with E-state index >= 15 is 0 Å². The summed E-state index contributed by atoms with van der Waals surface area (Å²) in [6, 6.07) is 0. The summed E-state index contributed by atoms with van der Waals surface area (Å²) < 4.78 is 0. The molecule has 3 nitrogen and oxygen atoms in total. The first kappa shape index (κ1) is 12.0. The molecule has 14 heavy (non-hydrogen) atoms. The van der Waals surface area contributed by atoms with Gasteiger partial charge in [0.1, 0.15) is 0 Å². The van der Waals surface area contributed by atoms with Crippen molar-refractivity contribution in [3.8, 4) is 0 Å². The SMILES string of the molecule is CC(C)(CNCC(O)CO)C1CCC1. The summed E-state index contributed by atoms with van der Waals surface area (Å²) in [5, 5.41) is 21.0. The highest BCUT2D eigenvalue weighted by molar-refractivity contribution is 4.85. The lowest BCUT2D eigenvalue weighted by atomic mass is 9.67. The molecular formula is C11H23NO2. The average Bonchev–Trinajstić information content (AvgIpc) is 1.99. The highest BCUT2D eigenvalue weighted by Gasteiger charge is 2.33. The van der Waals surface area contributed by atoms with Gasteiger partial charge >= 0.3 is 0 Å². The van der Waals surface area contributed by atoms with Crippen molar-refractivity contribution >= 4 is 0 Å². The zero-order valence-electron chi connectivity index (χ0n) is 9.29. The van der Waals surface area contributed by atoms with E-state index in [1.807, 2.05) is 0 Å². The molecule has 0 bridgehead atoms. The molecule has 0 amide bonds. The molecule has 1 fully saturated rings. The Bertz CT molecular complexity index is 167. The Kier molecular flexibility index (Phi) is 4.35. The fourth-order valence-corrected chi connectivity index (χ4v) is 1.96. The number of hydrogen-bond donors (Lipinski definition) is 3. The molecule has 1 aliphatic rings. The van der Waals surface area contributed by atoms with E-state index in [1.165, 1.54) is 19.3 Å². The minimum absolute atomic E-state index is 0.156. The van der Waals surface area contributed by atoms with Gasteiger partial charge in [-0.2, -0.15) is 0 Å². The number of aliphatic hydroxyl groups is 2. The zero-order chi connectivity index (χ0) is 10.6. The average molecular weight is 201 g/mol. The van der Waals surface area contributed by atoms with Crippen LogP contribution >= 0.6 is 0 Å². The molecule has 1 unspecified atom stereocenters. The quantitative estimate of drug-likeness (QED) is 0.594. The molecule has 1 rings (SSSR count). The molecule has 1 atom stereocenters. The molecule has 3 heteroatoms. The van der Waals surface area contributed by atoms with Crippen molar-refractivity contribution in [2.75, 3.05) is 19.7 Å². The van der Waals surface area contributed by atoms with Gasteiger partial charge in [-0.3, -0.25) is 0 Å². The van der Waals surface area contributed by atoms with Crippen LogP contribution in [0.4, 0.5) is 0 Å². The van der Waals surface area contributed by atoms with Crippen LogP contribution < -0.4 is 5.32 Å². The summed E-state index contributed by atoms with van der Waals surface area (Å²) in [7, 11) is 0. The van der Waals surface area contributed by atoms with E-state index in [4.69, 9.17) is 10.2 Å². The summed E-state index contributed by atoms with van der Waals surface area (Å²) in [5.74, 6) is 0.835. The predicted octanol–water partition coefficient (Wildman–Crippen LogP) is 0.755. The van der Waals surface area contributed by atoms with Gasteiger partial charge in [0.2, 0.25) is 0 Å². The smallest absolute Gasteiger partial charge is 0.0894 e. The summed E-state index contributed by atoms with van der Waals surface area (Å²) in [6.45, 7) is 5.81. The van der Waals surface area contributed by atoms with Crippen LogP contribution in [0, 0.1) is 11.3 Å². The van der Waals surface area contributed by atoms with Crippen molar-refractivity contribution < 1.29 is 10.2 Å². The van der Waals surface area contributed by atoms with Crippen LogP contribution in [0.15, 0.2) is 0 Å². The molecule has 0 saturated heterocycles. The van der Waals surface area contributed by atoms with Gasteiger partial charge in [-0.1, -0.05) is 20.3 Å². The van der Waals surface area contributed by atoms with Crippen molar-refractivity contribution in [1.82, 2.24) is 5.32 Å². The Hall–Kier alpha value is -0.120. The Morgan fingerprint density at radius 3 is 2.50 bits per heavy atom. The second kappa shape index (κ2) is 5.10. The molecule has 0 heterocycles. The standard InChI is InChI=1S/C11H23NO2/c1-11(2,9-4-3-5-9)8-12-6-10(14)7-13/h9-10,12-14H,3-8H2,1-2H3. The van der Waals surface area contributed by atoms with Crippen molar-refractivity contribution in [2.24, 2.45) is 11.3 Å². The Labute approximate surface area is 86.5 Å². The van der Waals surface area contributed by atoms with E-state index in [1.54, 1.807) is 0 Å². The van der Waals surface area contributed by atoms with Crippen LogP contribution in [0.1, 0.15) is 33.1 Å². The third kappa shape index (κ3) is 3.23. The van der Waals surface area contributed by atoms with Crippen LogP contribution in [0.5, 0.6) is 0 Å². The summed E-state index contributed by atoms with van der Waals surface area (Å²) >= 11 is 0. The maximum absolute atomic E-state index is 9.15. The van der Waals surface area contributed by atoms with Gasteiger partial charge in [-0.25, -0.2) is 0 Å². The van der Waals surface area contributed by atoms with Crippen LogP contribution in [0.25, 0.3) is 0 Å². The summed E-state index contributed by atoms with van der Waals surface area (Å²) in [6.07, 6.45) is 3.44. The van der Waals surface area contributed by atoms with E-state index in [0.29, 0.717) is 12.0 Å². The molecule has 0 aromatic heterocycles. The van der Waals surface area contributed by atoms with E-state index < -0.39 is 6.10 Å². The molecule has 3 N–H and O–H groups in total. The maximum atomic E-state index is 9.15. The lowest BCUT2D eigenvalue weighted by Crippen LogP contribution is -2.41. The third-order valence-corrected chi connectivity index (χ3v) is 3.38. The minimum Gasteiger partial charge on any atom is -0.394 e. The number of nitrogens with one attached hydrogen (secondary N) is 1. The van der Waals surface area contributed by atoms with Gasteiger partial charge in [0.15, 0.2) is 0 Å². The minimum atomic E-state index is -0.618. The highest BCUT2D eigenvalue weighted by atomic mass is 16.3. The lowest BCUT2D eigenvalue weighted by Gasteiger charge is -2.40. The molecule has 1 aliphatic carbocycles. The normalized spacial score (nSPS) is 20.6. The van der Waals surface area contributed by atoms with E-state index in [2.05, 4.69) is 19.2 Å². The largest absolute Gasteiger partial charge is 0.394 e. The Morgan fingerprint density at radius 2 is 2.07 bits per heavy atom. The molecular weight excluding hydrogens is 178 g/mol. The van der Waals surface area contributed by atoms with Crippen LogP contribution in [-0.2, 0) is 0 Å². The highest BCUT2D eigenvalue weighted by Crippen LogP contribution is 2.41. The molecule has 0 aromatic rings. The van der Waals surface area contributed by atoms with Crippen molar-refractivity contribution in [3.63, 3.8) is 0 Å². The monoisotopic (exact) mass is 201 g/mol. The first-order chi connectivity index (χ1) is 6.56. The van der Waals surface area contributed by atoms with Gasteiger partial charge in [0.25, 0.3) is 0 Å². The molecule has 0 spiro atoms. The first-order valence-electron chi connectivity index (χ1n) is 5.56. The van der Waals surface area contributed by atoms with Crippen LogP contribution in [0.2, 0.25) is 0 Å². The molecule has 0 radical (unpaired) electrons.